The number of hydrogen-bond donors (Lipinski definition) is 1. The molecule has 0 radical (unpaired) electrons. The number of piperazine rings is 1. The van der Waals surface area contributed by atoms with Gasteiger partial charge in [0.05, 0.1) is 6.61 Å². The fourth-order valence-electron chi connectivity index (χ4n) is 1.35. The highest BCUT2D eigenvalue weighted by Gasteiger charge is 2.30. The van der Waals surface area contributed by atoms with Crippen LogP contribution in [-0.2, 0) is 9.53 Å². The second-order valence-electron chi connectivity index (χ2n) is 4.13. The summed E-state index contributed by atoms with van der Waals surface area (Å²) in [6.07, 6.45) is -0.397. The number of carbonyl (C=O) groups is 2. The second kappa shape index (κ2) is 5.00. The van der Waals surface area contributed by atoms with Gasteiger partial charge in [-0.15, -0.1) is 0 Å². The van der Waals surface area contributed by atoms with Crippen molar-refractivity contribution in [1.82, 2.24) is 10.2 Å². The lowest BCUT2D eigenvalue weighted by Gasteiger charge is -2.32. The van der Waals surface area contributed by atoms with Crippen LogP contribution >= 0.6 is 0 Å². The maximum atomic E-state index is 11.6. The second-order valence-corrected chi connectivity index (χ2v) is 4.13. The van der Waals surface area contributed by atoms with Crippen molar-refractivity contribution in [2.24, 2.45) is 5.92 Å². The largest absolute Gasteiger partial charge is 0.449 e. The van der Waals surface area contributed by atoms with Gasteiger partial charge in [0.2, 0.25) is 5.91 Å². The van der Waals surface area contributed by atoms with Gasteiger partial charge in [0.15, 0.2) is 0 Å². The van der Waals surface area contributed by atoms with Gasteiger partial charge in [-0.1, -0.05) is 13.8 Å². The van der Waals surface area contributed by atoms with Crippen LogP contribution in [0.2, 0.25) is 0 Å². The summed E-state index contributed by atoms with van der Waals surface area (Å²) in [5.74, 6) is 0.186. The predicted molar refractivity (Wildman–Crippen MR) is 55.4 cm³/mol. The Hall–Kier alpha value is -1.26. The van der Waals surface area contributed by atoms with Crippen LogP contribution in [-0.4, -0.2) is 42.6 Å². The third-order valence-corrected chi connectivity index (χ3v) is 2.27. The Bertz CT molecular complexity index is 253. The molecule has 0 saturated carbocycles. The molecule has 0 bridgehead atoms. The van der Waals surface area contributed by atoms with Crippen LogP contribution in [0.1, 0.15) is 20.8 Å². The summed E-state index contributed by atoms with van der Waals surface area (Å²) in [5, 5.41) is 2.69. The molecule has 1 unspecified atom stereocenters. The molecule has 1 atom stereocenters. The summed E-state index contributed by atoms with van der Waals surface area (Å²) in [4.78, 5) is 24.3. The van der Waals surface area contributed by atoms with Crippen molar-refractivity contribution in [3.8, 4) is 0 Å². The van der Waals surface area contributed by atoms with Crippen LogP contribution in [0.5, 0.6) is 0 Å². The van der Waals surface area contributed by atoms with Crippen molar-refractivity contribution in [2.75, 3.05) is 19.7 Å². The van der Waals surface area contributed by atoms with Crippen molar-refractivity contribution in [3.63, 3.8) is 0 Å². The van der Waals surface area contributed by atoms with E-state index in [-0.39, 0.29) is 5.91 Å². The Morgan fingerprint density at radius 3 is 2.93 bits per heavy atom. The quantitative estimate of drug-likeness (QED) is 0.732. The van der Waals surface area contributed by atoms with Crippen LogP contribution in [0.25, 0.3) is 0 Å². The first kappa shape index (κ1) is 11.8. The molecule has 1 aliphatic heterocycles. The minimum absolute atomic E-state index is 0.122. The van der Waals surface area contributed by atoms with E-state index in [1.165, 1.54) is 4.90 Å². The standard InChI is InChI=1S/C10H18N2O3/c1-7(2)6-15-10(14)12-5-4-11-9(13)8(12)3/h7-8H,4-6H2,1-3H3,(H,11,13). The van der Waals surface area contributed by atoms with Crippen molar-refractivity contribution in [2.45, 2.75) is 26.8 Å². The molecule has 1 saturated heterocycles. The van der Waals surface area contributed by atoms with E-state index in [4.69, 9.17) is 4.74 Å². The molecule has 2 amide bonds. The Morgan fingerprint density at radius 2 is 2.33 bits per heavy atom. The monoisotopic (exact) mass is 214 g/mol. The maximum absolute atomic E-state index is 11.6. The van der Waals surface area contributed by atoms with E-state index < -0.39 is 12.1 Å². The van der Waals surface area contributed by atoms with Crippen molar-refractivity contribution >= 4 is 12.0 Å². The van der Waals surface area contributed by atoms with E-state index in [1.807, 2.05) is 13.8 Å². The van der Waals surface area contributed by atoms with E-state index in [2.05, 4.69) is 5.32 Å². The smallest absolute Gasteiger partial charge is 0.410 e. The molecule has 0 aromatic heterocycles. The first-order chi connectivity index (χ1) is 7.02. The van der Waals surface area contributed by atoms with Gasteiger partial charge in [-0.2, -0.15) is 0 Å². The van der Waals surface area contributed by atoms with Gasteiger partial charge < -0.3 is 10.1 Å². The molecule has 5 nitrogen and oxygen atoms in total. The number of nitrogens with zero attached hydrogens (tertiary/aromatic N) is 1. The maximum Gasteiger partial charge on any atom is 0.410 e. The van der Waals surface area contributed by atoms with Gasteiger partial charge in [-0.25, -0.2) is 4.79 Å². The Labute approximate surface area is 89.8 Å². The molecule has 86 valence electrons. The Morgan fingerprint density at radius 1 is 1.67 bits per heavy atom. The zero-order valence-corrected chi connectivity index (χ0v) is 9.45. The molecule has 1 rings (SSSR count). The number of carbonyl (C=O) groups excluding carboxylic acids is 2. The summed E-state index contributed by atoms with van der Waals surface area (Å²) < 4.78 is 5.07. The van der Waals surface area contributed by atoms with Gasteiger partial charge in [-0.3, -0.25) is 9.69 Å². The van der Waals surface area contributed by atoms with Crippen molar-refractivity contribution < 1.29 is 14.3 Å². The van der Waals surface area contributed by atoms with Crippen LogP contribution in [0.15, 0.2) is 0 Å². The number of amides is 2. The molecule has 0 spiro atoms. The van der Waals surface area contributed by atoms with E-state index in [1.54, 1.807) is 6.92 Å². The Balaban J connectivity index is 2.47. The average molecular weight is 214 g/mol. The molecule has 1 fully saturated rings. The first-order valence-electron chi connectivity index (χ1n) is 5.23. The van der Waals surface area contributed by atoms with Crippen LogP contribution < -0.4 is 5.32 Å². The number of nitrogens with one attached hydrogen (secondary N) is 1. The molecule has 0 aromatic rings. The highest BCUT2D eigenvalue weighted by molar-refractivity contribution is 5.86. The van der Waals surface area contributed by atoms with Gasteiger partial charge in [0, 0.05) is 13.1 Å². The molecule has 15 heavy (non-hydrogen) atoms. The number of ether oxygens (including phenoxy) is 1. The van der Waals surface area contributed by atoms with Crippen molar-refractivity contribution in [3.05, 3.63) is 0 Å². The minimum Gasteiger partial charge on any atom is -0.449 e. The lowest BCUT2D eigenvalue weighted by Crippen LogP contribution is -2.56. The lowest BCUT2D eigenvalue weighted by molar-refractivity contribution is -0.127. The molecule has 0 aromatic carbocycles. The van der Waals surface area contributed by atoms with Gasteiger partial charge in [0.25, 0.3) is 0 Å². The topological polar surface area (TPSA) is 58.6 Å². The van der Waals surface area contributed by atoms with Crippen molar-refractivity contribution in [1.29, 1.82) is 0 Å². The molecule has 1 N–H and O–H groups in total. The highest BCUT2D eigenvalue weighted by Crippen LogP contribution is 2.07. The summed E-state index contributed by atoms with van der Waals surface area (Å²) in [5.41, 5.74) is 0. The normalized spacial score (nSPS) is 21.5. The minimum atomic E-state index is -0.432. The third kappa shape index (κ3) is 3.11. The van der Waals surface area contributed by atoms with E-state index in [0.717, 1.165) is 0 Å². The molecule has 1 heterocycles. The molecule has 1 aliphatic rings. The Kier molecular flexibility index (Phi) is 3.94. The molecular weight excluding hydrogens is 196 g/mol. The summed E-state index contributed by atoms with van der Waals surface area (Å²) in [6, 6.07) is -0.432. The third-order valence-electron chi connectivity index (χ3n) is 2.27. The lowest BCUT2D eigenvalue weighted by atomic mass is 10.2. The van der Waals surface area contributed by atoms with Crippen LogP contribution in [0.3, 0.4) is 0 Å². The average Bonchev–Trinajstić information content (AvgIpc) is 2.18. The van der Waals surface area contributed by atoms with Crippen LogP contribution in [0.4, 0.5) is 4.79 Å². The van der Waals surface area contributed by atoms with Crippen LogP contribution in [0, 0.1) is 5.92 Å². The fourth-order valence-corrected chi connectivity index (χ4v) is 1.35. The zero-order valence-electron chi connectivity index (χ0n) is 9.45. The number of rotatable bonds is 2. The predicted octanol–water partition coefficient (Wildman–Crippen LogP) is 0.599. The zero-order chi connectivity index (χ0) is 11.4. The van der Waals surface area contributed by atoms with E-state index in [0.29, 0.717) is 25.6 Å². The summed E-state index contributed by atoms with van der Waals surface area (Å²) in [7, 11) is 0. The van der Waals surface area contributed by atoms with E-state index in [9.17, 15) is 9.59 Å². The molecule has 0 aliphatic carbocycles. The molecular formula is C10H18N2O3. The summed E-state index contributed by atoms with van der Waals surface area (Å²) in [6.45, 7) is 7.05. The SMILES string of the molecule is CC(C)COC(=O)N1CCNC(=O)C1C. The van der Waals surface area contributed by atoms with E-state index >= 15 is 0 Å². The van der Waals surface area contributed by atoms with Gasteiger partial charge in [-0.05, 0) is 12.8 Å². The first-order valence-corrected chi connectivity index (χ1v) is 5.23. The summed E-state index contributed by atoms with van der Waals surface area (Å²) >= 11 is 0. The van der Waals surface area contributed by atoms with Gasteiger partial charge >= 0.3 is 6.09 Å². The number of hydrogen-bond acceptors (Lipinski definition) is 3. The fraction of sp³-hybridized carbons (Fsp3) is 0.800. The van der Waals surface area contributed by atoms with Gasteiger partial charge in [0.1, 0.15) is 6.04 Å². The molecule has 5 heteroatoms. The highest BCUT2D eigenvalue weighted by atomic mass is 16.6.